The Balaban J connectivity index is 2.23. The smallest absolute Gasteiger partial charge is 0.159 e. The van der Waals surface area contributed by atoms with Gasteiger partial charge in [0.25, 0.3) is 0 Å². The molecule has 0 radical (unpaired) electrons. The van der Waals surface area contributed by atoms with Crippen LogP contribution in [0.15, 0.2) is 35.1 Å². The van der Waals surface area contributed by atoms with E-state index >= 15 is 0 Å². The summed E-state index contributed by atoms with van der Waals surface area (Å²) in [7, 11) is 0. The van der Waals surface area contributed by atoms with E-state index in [4.69, 9.17) is 0 Å². The lowest BCUT2D eigenvalue weighted by molar-refractivity contribution is 0.721. The summed E-state index contributed by atoms with van der Waals surface area (Å²) in [5.41, 5.74) is 3.35. The second-order valence-corrected chi connectivity index (χ2v) is 5.07. The first-order valence-corrected chi connectivity index (χ1v) is 6.78. The standard InChI is InChI=1S/C14H16BrN3/c1-3-16-7-11-8-17-14(18-9-11)13-5-4-12(15)6-10(13)2/h4-6,8-9,16H,3,7H2,1-2H3. The van der Waals surface area contributed by atoms with E-state index in [2.05, 4.69) is 51.1 Å². The molecule has 0 aliphatic carbocycles. The molecule has 3 nitrogen and oxygen atoms in total. The molecule has 94 valence electrons. The lowest BCUT2D eigenvalue weighted by Gasteiger charge is -2.06. The van der Waals surface area contributed by atoms with E-state index in [9.17, 15) is 0 Å². The fraction of sp³-hybridized carbons (Fsp3) is 0.286. The van der Waals surface area contributed by atoms with Crippen molar-refractivity contribution in [2.75, 3.05) is 6.54 Å². The Hall–Kier alpha value is -1.26. The van der Waals surface area contributed by atoms with Crippen LogP contribution in [-0.2, 0) is 6.54 Å². The van der Waals surface area contributed by atoms with E-state index in [0.717, 1.165) is 34.5 Å². The number of hydrogen-bond acceptors (Lipinski definition) is 3. The first kappa shape index (κ1) is 13.2. The monoisotopic (exact) mass is 305 g/mol. The average Bonchev–Trinajstić information content (AvgIpc) is 2.37. The molecule has 0 saturated heterocycles. The van der Waals surface area contributed by atoms with E-state index in [1.165, 1.54) is 5.56 Å². The molecule has 0 fully saturated rings. The van der Waals surface area contributed by atoms with Gasteiger partial charge < -0.3 is 5.32 Å². The van der Waals surface area contributed by atoms with Crippen LogP contribution in [0.1, 0.15) is 18.1 Å². The third kappa shape index (κ3) is 3.15. The van der Waals surface area contributed by atoms with E-state index in [1.807, 2.05) is 24.5 Å². The summed E-state index contributed by atoms with van der Waals surface area (Å²) in [6, 6.07) is 6.13. The highest BCUT2D eigenvalue weighted by molar-refractivity contribution is 9.10. The Morgan fingerprint density at radius 2 is 1.94 bits per heavy atom. The number of nitrogens with one attached hydrogen (secondary N) is 1. The summed E-state index contributed by atoms with van der Waals surface area (Å²) >= 11 is 3.46. The minimum absolute atomic E-state index is 0.778. The van der Waals surface area contributed by atoms with Crippen molar-refractivity contribution in [3.05, 3.63) is 46.2 Å². The minimum atomic E-state index is 0.778. The highest BCUT2D eigenvalue weighted by Crippen LogP contribution is 2.23. The number of halogens is 1. The summed E-state index contributed by atoms with van der Waals surface area (Å²) in [6.45, 7) is 5.92. The summed E-state index contributed by atoms with van der Waals surface area (Å²) in [4.78, 5) is 8.85. The molecule has 1 aromatic heterocycles. The molecule has 0 saturated carbocycles. The van der Waals surface area contributed by atoms with Crippen molar-refractivity contribution in [1.82, 2.24) is 15.3 Å². The molecule has 2 aromatic rings. The van der Waals surface area contributed by atoms with Gasteiger partial charge in [0.15, 0.2) is 5.82 Å². The Morgan fingerprint density at radius 3 is 2.56 bits per heavy atom. The van der Waals surface area contributed by atoms with Crippen LogP contribution in [0.5, 0.6) is 0 Å². The van der Waals surface area contributed by atoms with Crippen molar-refractivity contribution in [2.45, 2.75) is 20.4 Å². The van der Waals surface area contributed by atoms with Crippen LogP contribution in [0.3, 0.4) is 0 Å². The summed E-state index contributed by atoms with van der Waals surface area (Å²) in [6.07, 6.45) is 3.76. The van der Waals surface area contributed by atoms with Crippen molar-refractivity contribution < 1.29 is 0 Å². The predicted octanol–water partition coefficient (Wildman–Crippen LogP) is 3.32. The van der Waals surface area contributed by atoms with E-state index in [-0.39, 0.29) is 0 Å². The van der Waals surface area contributed by atoms with E-state index in [1.54, 1.807) is 0 Å². The zero-order valence-electron chi connectivity index (χ0n) is 10.6. The lowest BCUT2D eigenvalue weighted by Crippen LogP contribution is -2.12. The number of nitrogens with zero attached hydrogens (tertiary/aromatic N) is 2. The molecule has 0 bridgehead atoms. The molecule has 0 aliphatic rings. The zero-order chi connectivity index (χ0) is 13.0. The molecule has 0 unspecified atom stereocenters. The zero-order valence-corrected chi connectivity index (χ0v) is 12.2. The van der Waals surface area contributed by atoms with Crippen LogP contribution < -0.4 is 5.32 Å². The maximum atomic E-state index is 4.43. The van der Waals surface area contributed by atoms with Gasteiger partial charge in [-0.05, 0) is 37.2 Å². The molecule has 0 amide bonds. The van der Waals surface area contributed by atoms with E-state index in [0.29, 0.717) is 0 Å². The molecule has 0 spiro atoms. The molecule has 18 heavy (non-hydrogen) atoms. The topological polar surface area (TPSA) is 37.8 Å². The van der Waals surface area contributed by atoms with Crippen LogP contribution in [0, 0.1) is 6.92 Å². The maximum absolute atomic E-state index is 4.43. The highest BCUT2D eigenvalue weighted by Gasteiger charge is 2.05. The first-order chi connectivity index (χ1) is 8.70. The van der Waals surface area contributed by atoms with Gasteiger partial charge in [-0.2, -0.15) is 0 Å². The van der Waals surface area contributed by atoms with Gasteiger partial charge in [-0.1, -0.05) is 22.9 Å². The molecular formula is C14H16BrN3. The van der Waals surface area contributed by atoms with Crippen LogP contribution in [-0.4, -0.2) is 16.5 Å². The molecule has 1 aromatic carbocycles. The van der Waals surface area contributed by atoms with Crippen molar-refractivity contribution in [2.24, 2.45) is 0 Å². The number of benzene rings is 1. The molecule has 2 rings (SSSR count). The minimum Gasteiger partial charge on any atom is -0.313 e. The molecule has 1 N–H and O–H groups in total. The van der Waals surface area contributed by atoms with Crippen LogP contribution in [0.2, 0.25) is 0 Å². The van der Waals surface area contributed by atoms with Gasteiger partial charge in [0, 0.05) is 34.5 Å². The van der Waals surface area contributed by atoms with Crippen LogP contribution >= 0.6 is 15.9 Å². The van der Waals surface area contributed by atoms with Crippen molar-refractivity contribution in [3.63, 3.8) is 0 Å². The largest absolute Gasteiger partial charge is 0.313 e. The second-order valence-electron chi connectivity index (χ2n) is 4.15. The van der Waals surface area contributed by atoms with Gasteiger partial charge in [0.05, 0.1) is 0 Å². The molecule has 0 aliphatic heterocycles. The third-order valence-electron chi connectivity index (χ3n) is 2.71. The van der Waals surface area contributed by atoms with Crippen LogP contribution in [0.4, 0.5) is 0 Å². The quantitative estimate of drug-likeness (QED) is 0.941. The Labute approximate surface area is 116 Å². The number of aryl methyl sites for hydroxylation is 1. The van der Waals surface area contributed by atoms with Gasteiger partial charge in [-0.15, -0.1) is 0 Å². The molecular weight excluding hydrogens is 290 g/mol. The number of aromatic nitrogens is 2. The van der Waals surface area contributed by atoms with Crippen molar-refractivity contribution in [3.8, 4) is 11.4 Å². The van der Waals surface area contributed by atoms with Crippen molar-refractivity contribution >= 4 is 15.9 Å². The fourth-order valence-electron chi connectivity index (χ4n) is 1.73. The lowest BCUT2D eigenvalue weighted by atomic mass is 10.1. The summed E-state index contributed by atoms with van der Waals surface area (Å²) in [5.74, 6) is 0.778. The first-order valence-electron chi connectivity index (χ1n) is 5.99. The van der Waals surface area contributed by atoms with Gasteiger partial charge >= 0.3 is 0 Å². The normalized spacial score (nSPS) is 10.6. The highest BCUT2D eigenvalue weighted by atomic mass is 79.9. The van der Waals surface area contributed by atoms with Gasteiger partial charge in [0.2, 0.25) is 0 Å². The second kappa shape index (κ2) is 6.07. The summed E-state index contributed by atoms with van der Waals surface area (Å²) in [5, 5.41) is 3.26. The van der Waals surface area contributed by atoms with E-state index < -0.39 is 0 Å². The Kier molecular flexibility index (Phi) is 4.44. The SMILES string of the molecule is CCNCc1cnc(-c2ccc(Br)cc2C)nc1. The molecule has 0 atom stereocenters. The van der Waals surface area contributed by atoms with Gasteiger partial charge in [-0.25, -0.2) is 9.97 Å². The number of rotatable bonds is 4. The third-order valence-corrected chi connectivity index (χ3v) is 3.21. The van der Waals surface area contributed by atoms with Gasteiger partial charge in [-0.3, -0.25) is 0 Å². The number of hydrogen-bond donors (Lipinski definition) is 1. The molecule has 4 heteroatoms. The predicted molar refractivity (Wildman–Crippen MR) is 77.3 cm³/mol. The fourth-order valence-corrected chi connectivity index (χ4v) is 2.21. The van der Waals surface area contributed by atoms with Crippen LogP contribution in [0.25, 0.3) is 11.4 Å². The molecule has 1 heterocycles. The average molecular weight is 306 g/mol. The Morgan fingerprint density at radius 1 is 1.22 bits per heavy atom. The van der Waals surface area contributed by atoms with Crippen molar-refractivity contribution in [1.29, 1.82) is 0 Å². The van der Waals surface area contributed by atoms with Gasteiger partial charge in [0.1, 0.15) is 0 Å². The maximum Gasteiger partial charge on any atom is 0.159 e. The summed E-state index contributed by atoms with van der Waals surface area (Å²) < 4.78 is 1.08. The Bertz CT molecular complexity index is 523.